The minimum Gasteiger partial charge on any atom is -0.348 e. The Morgan fingerprint density at radius 1 is 1.20 bits per heavy atom. The second-order valence-corrected chi connectivity index (χ2v) is 8.36. The van der Waals surface area contributed by atoms with E-state index in [2.05, 4.69) is 5.32 Å². The number of rotatable bonds is 4. The molecular formula is C19H22N2O3S. The Kier molecular flexibility index (Phi) is 4.81. The first-order valence-electron chi connectivity index (χ1n) is 8.29. The molecule has 5 nitrogen and oxygen atoms in total. The molecule has 0 fully saturated rings. The van der Waals surface area contributed by atoms with Crippen molar-refractivity contribution in [1.29, 1.82) is 0 Å². The van der Waals surface area contributed by atoms with E-state index in [0.29, 0.717) is 24.3 Å². The first-order valence-corrected chi connectivity index (χ1v) is 10.1. The molecule has 0 bridgehead atoms. The fourth-order valence-electron chi connectivity index (χ4n) is 3.15. The number of nitrogens with one attached hydrogen (secondary N) is 1. The van der Waals surface area contributed by atoms with Crippen LogP contribution >= 0.6 is 0 Å². The zero-order valence-corrected chi connectivity index (χ0v) is 15.3. The summed E-state index contributed by atoms with van der Waals surface area (Å²) in [5, 5.41) is 2.92. The van der Waals surface area contributed by atoms with Crippen molar-refractivity contribution in [2.45, 2.75) is 26.3 Å². The monoisotopic (exact) mass is 358 g/mol. The van der Waals surface area contributed by atoms with Crippen LogP contribution in [-0.2, 0) is 23.0 Å². The first-order chi connectivity index (χ1) is 11.8. The highest BCUT2D eigenvalue weighted by atomic mass is 32.2. The van der Waals surface area contributed by atoms with Gasteiger partial charge in [0.2, 0.25) is 10.0 Å². The van der Waals surface area contributed by atoms with Crippen LogP contribution in [0.4, 0.5) is 5.69 Å². The minimum atomic E-state index is -3.29. The van der Waals surface area contributed by atoms with Gasteiger partial charge in [-0.3, -0.25) is 9.10 Å². The quantitative estimate of drug-likeness (QED) is 0.914. The SMILES string of the molecule is Cc1cccc(CNC(=O)c2ccc3c(c2)CCCN3S(C)(=O)=O)c1. The lowest BCUT2D eigenvalue weighted by molar-refractivity contribution is 0.0951. The van der Waals surface area contributed by atoms with Crippen molar-refractivity contribution in [3.05, 3.63) is 64.7 Å². The van der Waals surface area contributed by atoms with Gasteiger partial charge in [-0.2, -0.15) is 0 Å². The zero-order valence-electron chi connectivity index (χ0n) is 14.5. The summed E-state index contributed by atoms with van der Waals surface area (Å²) in [4.78, 5) is 12.4. The maximum Gasteiger partial charge on any atom is 0.251 e. The third-order valence-corrected chi connectivity index (χ3v) is 5.53. The maximum absolute atomic E-state index is 12.4. The molecule has 0 saturated carbocycles. The fourth-order valence-corrected chi connectivity index (χ4v) is 4.15. The van der Waals surface area contributed by atoms with E-state index in [-0.39, 0.29) is 5.91 Å². The summed E-state index contributed by atoms with van der Waals surface area (Å²) in [6, 6.07) is 13.2. The van der Waals surface area contributed by atoms with Gasteiger partial charge in [0.15, 0.2) is 0 Å². The van der Waals surface area contributed by atoms with Crippen LogP contribution in [0, 0.1) is 6.92 Å². The molecule has 1 aliphatic heterocycles. The van der Waals surface area contributed by atoms with Crippen LogP contribution in [-0.4, -0.2) is 27.1 Å². The lowest BCUT2D eigenvalue weighted by Crippen LogP contribution is -2.34. The fraction of sp³-hybridized carbons (Fsp3) is 0.316. The lowest BCUT2D eigenvalue weighted by atomic mass is 10.0. The summed E-state index contributed by atoms with van der Waals surface area (Å²) in [5.74, 6) is -0.152. The molecule has 25 heavy (non-hydrogen) atoms. The highest BCUT2D eigenvalue weighted by Crippen LogP contribution is 2.29. The molecule has 1 heterocycles. The standard InChI is InChI=1S/C19H22N2O3S/c1-14-5-3-6-15(11-14)13-20-19(22)17-8-9-18-16(12-17)7-4-10-21(18)25(2,23)24/h3,5-6,8-9,11-12H,4,7,10,13H2,1-2H3,(H,20,22). The Hall–Kier alpha value is -2.34. The number of benzene rings is 2. The van der Waals surface area contributed by atoms with Gasteiger partial charge in [0.05, 0.1) is 11.9 Å². The van der Waals surface area contributed by atoms with Crippen molar-refractivity contribution in [2.24, 2.45) is 0 Å². The van der Waals surface area contributed by atoms with Crippen LogP contribution in [0.25, 0.3) is 0 Å². The number of sulfonamides is 1. The van der Waals surface area contributed by atoms with Crippen molar-refractivity contribution in [3.8, 4) is 0 Å². The van der Waals surface area contributed by atoms with Crippen LogP contribution in [0.15, 0.2) is 42.5 Å². The number of nitrogens with zero attached hydrogens (tertiary/aromatic N) is 1. The van der Waals surface area contributed by atoms with Crippen molar-refractivity contribution >= 4 is 21.6 Å². The molecule has 3 rings (SSSR count). The summed E-state index contributed by atoms with van der Waals surface area (Å²) in [5.41, 5.74) is 4.35. The van der Waals surface area contributed by atoms with E-state index in [0.717, 1.165) is 29.5 Å². The molecule has 0 saturated heterocycles. The number of fused-ring (bicyclic) bond motifs is 1. The smallest absolute Gasteiger partial charge is 0.251 e. The predicted octanol–water partition coefficient (Wildman–Crippen LogP) is 2.64. The van der Waals surface area contributed by atoms with Crippen LogP contribution in [0.1, 0.15) is 33.5 Å². The van der Waals surface area contributed by atoms with E-state index < -0.39 is 10.0 Å². The topological polar surface area (TPSA) is 66.5 Å². The molecule has 0 spiro atoms. The van der Waals surface area contributed by atoms with Gasteiger partial charge in [-0.1, -0.05) is 29.8 Å². The predicted molar refractivity (Wildman–Crippen MR) is 99.3 cm³/mol. The summed E-state index contributed by atoms with van der Waals surface area (Å²) in [7, 11) is -3.29. The number of aryl methyl sites for hydroxylation is 2. The van der Waals surface area contributed by atoms with Gasteiger partial charge in [0.1, 0.15) is 0 Å². The second-order valence-electron chi connectivity index (χ2n) is 6.45. The van der Waals surface area contributed by atoms with Crippen molar-refractivity contribution in [1.82, 2.24) is 5.32 Å². The number of carbonyl (C=O) groups excluding carboxylic acids is 1. The van der Waals surface area contributed by atoms with E-state index in [9.17, 15) is 13.2 Å². The maximum atomic E-state index is 12.4. The molecule has 1 aliphatic rings. The first kappa shape index (κ1) is 17.5. The molecular weight excluding hydrogens is 336 g/mol. The highest BCUT2D eigenvalue weighted by Gasteiger charge is 2.24. The Balaban J connectivity index is 1.76. The van der Waals surface area contributed by atoms with E-state index in [1.54, 1.807) is 18.2 Å². The Morgan fingerprint density at radius 3 is 2.72 bits per heavy atom. The molecule has 1 N–H and O–H groups in total. The van der Waals surface area contributed by atoms with Crippen molar-refractivity contribution in [2.75, 3.05) is 17.1 Å². The van der Waals surface area contributed by atoms with E-state index >= 15 is 0 Å². The molecule has 2 aromatic carbocycles. The van der Waals surface area contributed by atoms with Gasteiger partial charge in [-0.25, -0.2) is 8.42 Å². The largest absolute Gasteiger partial charge is 0.348 e. The lowest BCUT2D eigenvalue weighted by Gasteiger charge is -2.29. The molecule has 1 amide bonds. The van der Waals surface area contributed by atoms with Gasteiger partial charge in [-0.05, 0) is 49.1 Å². The molecule has 0 atom stereocenters. The van der Waals surface area contributed by atoms with Crippen molar-refractivity contribution < 1.29 is 13.2 Å². The molecule has 0 unspecified atom stereocenters. The Bertz CT molecular complexity index is 907. The molecule has 0 aliphatic carbocycles. The highest BCUT2D eigenvalue weighted by molar-refractivity contribution is 7.92. The second kappa shape index (κ2) is 6.88. The van der Waals surface area contributed by atoms with Crippen LogP contribution < -0.4 is 9.62 Å². The molecule has 132 valence electrons. The Morgan fingerprint density at radius 2 is 2.00 bits per heavy atom. The number of hydrogen-bond acceptors (Lipinski definition) is 3. The van der Waals surface area contributed by atoms with Crippen LogP contribution in [0.2, 0.25) is 0 Å². The van der Waals surface area contributed by atoms with Gasteiger partial charge in [0.25, 0.3) is 5.91 Å². The van der Waals surface area contributed by atoms with Crippen LogP contribution in [0.5, 0.6) is 0 Å². The average molecular weight is 358 g/mol. The van der Waals surface area contributed by atoms with Crippen molar-refractivity contribution in [3.63, 3.8) is 0 Å². The average Bonchev–Trinajstić information content (AvgIpc) is 2.58. The minimum absolute atomic E-state index is 0.152. The normalized spacial score (nSPS) is 14.1. The Labute approximate surface area is 148 Å². The third kappa shape index (κ3) is 4.02. The summed E-state index contributed by atoms with van der Waals surface area (Å²) in [6.07, 6.45) is 2.75. The zero-order chi connectivity index (χ0) is 18.0. The van der Waals surface area contributed by atoms with Gasteiger partial charge in [-0.15, -0.1) is 0 Å². The molecule has 6 heteroatoms. The van der Waals surface area contributed by atoms with Gasteiger partial charge < -0.3 is 5.32 Å². The molecule has 0 radical (unpaired) electrons. The van der Waals surface area contributed by atoms with E-state index in [1.165, 1.54) is 10.6 Å². The number of carbonyl (C=O) groups is 1. The van der Waals surface area contributed by atoms with Crippen LogP contribution in [0.3, 0.4) is 0 Å². The number of anilines is 1. The summed E-state index contributed by atoms with van der Waals surface area (Å²) in [6.45, 7) is 2.97. The molecule has 2 aromatic rings. The van der Waals surface area contributed by atoms with E-state index in [4.69, 9.17) is 0 Å². The van der Waals surface area contributed by atoms with E-state index in [1.807, 2.05) is 31.2 Å². The molecule has 0 aromatic heterocycles. The number of hydrogen-bond donors (Lipinski definition) is 1. The van der Waals surface area contributed by atoms with Gasteiger partial charge >= 0.3 is 0 Å². The summed E-state index contributed by atoms with van der Waals surface area (Å²) >= 11 is 0. The van der Waals surface area contributed by atoms with Gasteiger partial charge in [0, 0.05) is 18.7 Å². The third-order valence-electron chi connectivity index (χ3n) is 4.35. The number of amides is 1. The summed E-state index contributed by atoms with van der Waals surface area (Å²) < 4.78 is 25.2.